The zero-order valence-electron chi connectivity index (χ0n) is 16.7. The molecular formula is C23H24N2O4. The maximum absolute atomic E-state index is 12.5. The third-order valence-electron chi connectivity index (χ3n) is 5.45. The number of carbonyl (C=O) groups is 2. The standard InChI is InChI=1S/C23H24N2O4/c1-15-7-8-16(2)18(13-15)23(27)28-14-21(26)25-11-9-17(10-12-25)22-24-19-5-3-4-6-20(19)29-22/h3-8,13,17H,9-12,14H2,1-2H3. The number of aromatic nitrogens is 1. The molecule has 0 N–H and O–H groups in total. The molecule has 1 fully saturated rings. The van der Waals surface area contributed by atoms with E-state index >= 15 is 0 Å². The summed E-state index contributed by atoms with van der Waals surface area (Å²) in [5.74, 6) is 0.309. The second-order valence-electron chi connectivity index (χ2n) is 7.57. The van der Waals surface area contributed by atoms with Crippen molar-refractivity contribution < 1.29 is 18.7 Å². The van der Waals surface area contributed by atoms with Crippen LogP contribution < -0.4 is 0 Å². The third kappa shape index (κ3) is 4.16. The monoisotopic (exact) mass is 392 g/mol. The van der Waals surface area contributed by atoms with Gasteiger partial charge in [0.1, 0.15) is 5.52 Å². The van der Waals surface area contributed by atoms with Crippen LogP contribution in [0, 0.1) is 13.8 Å². The van der Waals surface area contributed by atoms with E-state index in [0.717, 1.165) is 41.0 Å². The minimum Gasteiger partial charge on any atom is -0.452 e. The van der Waals surface area contributed by atoms with Gasteiger partial charge in [0.15, 0.2) is 18.1 Å². The number of amides is 1. The average Bonchev–Trinajstić information content (AvgIpc) is 3.18. The first-order chi connectivity index (χ1) is 14.0. The molecule has 0 unspecified atom stereocenters. The van der Waals surface area contributed by atoms with Crippen molar-refractivity contribution in [2.75, 3.05) is 19.7 Å². The number of piperidine rings is 1. The number of hydrogen-bond donors (Lipinski definition) is 0. The summed E-state index contributed by atoms with van der Waals surface area (Å²) in [7, 11) is 0. The van der Waals surface area contributed by atoms with Crippen molar-refractivity contribution in [3.63, 3.8) is 0 Å². The van der Waals surface area contributed by atoms with Crippen LogP contribution in [0.5, 0.6) is 0 Å². The van der Waals surface area contributed by atoms with Crippen molar-refractivity contribution in [1.29, 1.82) is 0 Å². The van der Waals surface area contributed by atoms with Gasteiger partial charge in [-0.15, -0.1) is 0 Å². The molecule has 2 aromatic carbocycles. The molecule has 1 aliphatic heterocycles. The van der Waals surface area contributed by atoms with Gasteiger partial charge in [-0.25, -0.2) is 9.78 Å². The van der Waals surface area contributed by atoms with Crippen LogP contribution in [0.15, 0.2) is 46.9 Å². The van der Waals surface area contributed by atoms with Gasteiger partial charge in [-0.05, 0) is 50.5 Å². The van der Waals surface area contributed by atoms with E-state index in [2.05, 4.69) is 4.98 Å². The van der Waals surface area contributed by atoms with Crippen molar-refractivity contribution >= 4 is 23.0 Å². The van der Waals surface area contributed by atoms with Crippen LogP contribution in [-0.4, -0.2) is 41.5 Å². The Morgan fingerprint density at radius 1 is 1.14 bits per heavy atom. The van der Waals surface area contributed by atoms with Gasteiger partial charge in [-0.3, -0.25) is 4.79 Å². The molecule has 0 radical (unpaired) electrons. The Labute approximate surface area is 169 Å². The molecule has 3 aromatic rings. The van der Waals surface area contributed by atoms with Crippen LogP contribution in [0.1, 0.15) is 46.1 Å². The van der Waals surface area contributed by atoms with Gasteiger partial charge in [0.2, 0.25) is 0 Å². The number of oxazole rings is 1. The van der Waals surface area contributed by atoms with Gasteiger partial charge < -0.3 is 14.1 Å². The lowest BCUT2D eigenvalue weighted by molar-refractivity contribution is -0.135. The smallest absolute Gasteiger partial charge is 0.338 e. The van der Waals surface area contributed by atoms with Gasteiger partial charge in [0, 0.05) is 19.0 Å². The third-order valence-corrected chi connectivity index (χ3v) is 5.45. The topological polar surface area (TPSA) is 72.6 Å². The Kier molecular flexibility index (Phi) is 5.34. The van der Waals surface area contributed by atoms with Crippen LogP contribution in [-0.2, 0) is 9.53 Å². The van der Waals surface area contributed by atoms with Crippen LogP contribution in [0.4, 0.5) is 0 Å². The highest BCUT2D eigenvalue weighted by Gasteiger charge is 2.27. The maximum Gasteiger partial charge on any atom is 0.338 e. The van der Waals surface area contributed by atoms with Crippen LogP contribution in [0.25, 0.3) is 11.1 Å². The molecule has 0 atom stereocenters. The first-order valence-corrected chi connectivity index (χ1v) is 9.89. The largest absolute Gasteiger partial charge is 0.452 e. The van der Waals surface area contributed by atoms with E-state index < -0.39 is 5.97 Å². The number of likely N-dealkylation sites (tertiary alicyclic amines) is 1. The molecule has 0 spiro atoms. The number of fused-ring (bicyclic) bond motifs is 1. The maximum atomic E-state index is 12.5. The average molecular weight is 392 g/mol. The number of hydrogen-bond acceptors (Lipinski definition) is 5. The van der Waals surface area contributed by atoms with Crippen LogP contribution in [0.2, 0.25) is 0 Å². The summed E-state index contributed by atoms with van der Waals surface area (Å²) < 4.78 is 11.1. The number of ether oxygens (including phenoxy) is 1. The molecule has 6 nitrogen and oxygen atoms in total. The molecule has 1 aliphatic rings. The fourth-order valence-corrected chi connectivity index (χ4v) is 3.69. The second kappa shape index (κ2) is 8.07. The molecule has 2 heterocycles. The summed E-state index contributed by atoms with van der Waals surface area (Å²) in [6, 6.07) is 13.3. The van der Waals surface area contributed by atoms with Crippen molar-refractivity contribution in [3.05, 3.63) is 65.0 Å². The van der Waals surface area contributed by atoms with Crippen molar-refractivity contribution in [2.45, 2.75) is 32.6 Å². The molecule has 0 saturated carbocycles. The summed E-state index contributed by atoms with van der Waals surface area (Å²) in [4.78, 5) is 31.1. The summed E-state index contributed by atoms with van der Waals surface area (Å²) >= 11 is 0. The molecule has 29 heavy (non-hydrogen) atoms. The second-order valence-corrected chi connectivity index (χ2v) is 7.57. The van der Waals surface area contributed by atoms with Crippen molar-refractivity contribution in [3.8, 4) is 0 Å². The number of benzene rings is 2. The van der Waals surface area contributed by atoms with Gasteiger partial charge in [-0.1, -0.05) is 29.8 Å². The van der Waals surface area contributed by atoms with Gasteiger partial charge in [0.25, 0.3) is 5.91 Å². The quantitative estimate of drug-likeness (QED) is 0.628. The summed E-state index contributed by atoms with van der Waals surface area (Å²) in [5.41, 5.74) is 3.98. The minimum atomic E-state index is -0.457. The van der Waals surface area contributed by atoms with Crippen LogP contribution >= 0.6 is 0 Å². The zero-order valence-corrected chi connectivity index (χ0v) is 16.7. The van der Waals surface area contributed by atoms with Crippen LogP contribution in [0.3, 0.4) is 0 Å². The van der Waals surface area contributed by atoms with Gasteiger partial charge in [-0.2, -0.15) is 0 Å². The number of para-hydroxylation sites is 2. The SMILES string of the molecule is Cc1ccc(C)c(C(=O)OCC(=O)N2CCC(c3nc4ccccc4o3)CC2)c1. The lowest BCUT2D eigenvalue weighted by Gasteiger charge is -2.30. The number of rotatable bonds is 4. The fraction of sp³-hybridized carbons (Fsp3) is 0.348. The number of nitrogens with zero attached hydrogens (tertiary/aromatic N) is 2. The summed E-state index contributed by atoms with van der Waals surface area (Å²) in [6.07, 6.45) is 1.56. The predicted molar refractivity (Wildman–Crippen MR) is 109 cm³/mol. The predicted octanol–water partition coefficient (Wildman–Crippen LogP) is 4.01. The molecule has 0 aliphatic carbocycles. The Balaban J connectivity index is 1.31. The summed E-state index contributed by atoms with van der Waals surface area (Å²) in [5, 5.41) is 0. The van der Waals surface area contributed by atoms with Crippen molar-refractivity contribution in [2.24, 2.45) is 0 Å². The number of aryl methyl sites for hydroxylation is 2. The molecule has 6 heteroatoms. The van der Waals surface area contributed by atoms with Gasteiger partial charge >= 0.3 is 5.97 Å². The Hall–Kier alpha value is -3.15. The number of carbonyl (C=O) groups excluding carboxylic acids is 2. The van der Waals surface area contributed by atoms with E-state index in [9.17, 15) is 9.59 Å². The summed E-state index contributed by atoms with van der Waals surface area (Å²) in [6.45, 7) is 4.74. The lowest BCUT2D eigenvalue weighted by Crippen LogP contribution is -2.40. The van der Waals surface area contributed by atoms with E-state index in [1.165, 1.54) is 0 Å². The Morgan fingerprint density at radius 3 is 2.66 bits per heavy atom. The number of esters is 1. The highest BCUT2D eigenvalue weighted by molar-refractivity contribution is 5.92. The van der Waals surface area contributed by atoms with E-state index in [0.29, 0.717) is 18.7 Å². The Bertz CT molecular complexity index is 1010. The molecule has 4 rings (SSSR count). The fourth-order valence-electron chi connectivity index (χ4n) is 3.69. The molecule has 0 bridgehead atoms. The molecule has 1 aromatic heterocycles. The van der Waals surface area contributed by atoms with E-state index in [1.807, 2.05) is 50.2 Å². The first kappa shape index (κ1) is 19.2. The highest BCUT2D eigenvalue weighted by atomic mass is 16.5. The van der Waals surface area contributed by atoms with E-state index in [4.69, 9.17) is 9.15 Å². The lowest BCUT2D eigenvalue weighted by atomic mass is 9.97. The van der Waals surface area contributed by atoms with E-state index in [-0.39, 0.29) is 18.4 Å². The van der Waals surface area contributed by atoms with Crippen molar-refractivity contribution in [1.82, 2.24) is 9.88 Å². The first-order valence-electron chi connectivity index (χ1n) is 9.89. The minimum absolute atomic E-state index is 0.167. The zero-order chi connectivity index (χ0) is 20.4. The van der Waals surface area contributed by atoms with E-state index in [1.54, 1.807) is 11.0 Å². The normalized spacial score (nSPS) is 14.9. The Morgan fingerprint density at radius 2 is 1.90 bits per heavy atom. The molecular weight excluding hydrogens is 368 g/mol. The van der Waals surface area contributed by atoms with Gasteiger partial charge in [0.05, 0.1) is 5.56 Å². The molecule has 1 saturated heterocycles. The molecule has 1 amide bonds. The molecule has 150 valence electrons. The highest BCUT2D eigenvalue weighted by Crippen LogP contribution is 2.29.